The van der Waals surface area contributed by atoms with Crippen molar-refractivity contribution in [1.82, 2.24) is 0 Å². The van der Waals surface area contributed by atoms with Crippen molar-refractivity contribution < 1.29 is 4.79 Å². The fraction of sp³-hybridized carbons (Fsp3) is 0.300. The molecular formula is C10H10Br2O. The van der Waals surface area contributed by atoms with E-state index < -0.39 is 0 Å². The van der Waals surface area contributed by atoms with E-state index in [1.807, 2.05) is 30.3 Å². The number of carbonyl (C=O) groups is 1. The van der Waals surface area contributed by atoms with Crippen molar-refractivity contribution in [2.24, 2.45) is 0 Å². The third-order valence-corrected chi connectivity index (χ3v) is 3.13. The van der Waals surface area contributed by atoms with E-state index in [0.717, 1.165) is 6.42 Å². The number of hydrogen-bond acceptors (Lipinski definition) is 1. The Kier molecular flexibility index (Phi) is 4.67. The highest BCUT2D eigenvalue weighted by molar-refractivity contribution is 9.10. The van der Waals surface area contributed by atoms with Crippen LogP contribution in [0.2, 0.25) is 0 Å². The molecule has 0 aliphatic rings. The summed E-state index contributed by atoms with van der Waals surface area (Å²) in [6.07, 6.45) is 0.755. The zero-order chi connectivity index (χ0) is 9.68. The monoisotopic (exact) mass is 304 g/mol. The van der Waals surface area contributed by atoms with E-state index in [-0.39, 0.29) is 10.6 Å². The van der Waals surface area contributed by atoms with Crippen molar-refractivity contribution in [3.05, 3.63) is 35.9 Å². The number of benzene rings is 1. The van der Waals surface area contributed by atoms with Crippen molar-refractivity contribution >= 4 is 37.6 Å². The Morgan fingerprint density at radius 3 is 2.46 bits per heavy atom. The molecule has 70 valence electrons. The predicted molar refractivity (Wildman–Crippen MR) is 61.7 cm³/mol. The second kappa shape index (κ2) is 5.55. The number of carbonyl (C=O) groups excluding carboxylic acids is 1. The third kappa shape index (κ3) is 3.61. The second-order valence-electron chi connectivity index (χ2n) is 2.76. The van der Waals surface area contributed by atoms with Gasteiger partial charge in [-0.1, -0.05) is 62.2 Å². The number of halogens is 2. The summed E-state index contributed by atoms with van der Waals surface area (Å²) in [7, 11) is 0. The van der Waals surface area contributed by atoms with E-state index in [2.05, 4.69) is 31.9 Å². The normalized spacial score (nSPS) is 12.5. The molecule has 1 unspecified atom stereocenters. The van der Waals surface area contributed by atoms with Gasteiger partial charge >= 0.3 is 0 Å². The number of rotatable bonds is 4. The summed E-state index contributed by atoms with van der Waals surface area (Å²) in [5.74, 6) is 0.184. The van der Waals surface area contributed by atoms with Crippen LogP contribution >= 0.6 is 31.9 Å². The van der Waals surface area contributed by atoms with E-state index >= 15 is 0 Å². The quantitative estimate of drug-likeness (QED) is 0.782. The molecule has 1 nitrogen and oxygen atoms in total. The average molecular weight is 306 g/mol. The van der Waals surface area contributed by atoms with Gasteiger partial charge in [0.25, 0.3) is 0 Å². The minimum atomic E-state index is -0.0747. The second-order valence-corrected chi connectivity index (χ2v) is 4.42. The van der Waals surface area contributed by atoms with Crippen LogP contribution in [0.1, 0.15) is 5.56 Å². The van der Waals surface area contributed by atoms with Gasteiger partial charge in [-0.2, -0.15) is 0 Å². The lowest BCUT2D eigenvalue weighted by molar-refractivity contribution is -0.115. The molecule has 1 rings (SSSR count). The minimum Gasteiger partial charge on any atom is -0.297 e. The Morgan fingerprint density at radius 1 is 1.31 bits per heavy atom. The van der Waals surface area contributed by atoms with Gasteiger partial charge in [0.05, 0.1) is 10.2 Å². The third-order valence-electron chi connectivity index (χ3n) is 1.74. The summed E-state index contributed by atoms with van der Waals surface area (Å²) in [6.45, 7) is 0. The van der Waals surface area contributed by atoms with Crippen LogP contribution in [0.25, 0.3) is 0 Å². The molecule has 0 spiro atoms. The Morgan fingerprint density at radius 2 is 1.92 bits per heavy atom. The molecule has 0 saturated carbocycles. The van der Waals surface area contributed by atoms with Crippen molar-refractivity contribution in [3.8, 4) is 0 Å². The Labute approximate surface area is 94.8 Å². The Bertz CT molecular complexity index is 272. The number of Topliss-reactive ketones (excluding diaryl/α,β-unsaturated/α-hetero) is 1. The molecule has 13 heavy (non-hydrogen) atoms. The topological polar surface area (TPSA) is 17.1 Å². The first-order valence-electron chi connectivity index (χ1n) is 4.00. The molecule has 0 bridgehead atoms. The maximum absolute atomic E-state index is 11.2. The van der Waals surface area contributed by atoms with E-state index in [0.29, 0.717) is 5.33 Å². The fourth-order valence-corrected chi connectivity index (χ4v) is 2.38. The van der Waals surface area contributed by atoms with Crippen LogP contribution in [0.5, 0.6) is 0 Å². The van der Waals surface area contributed by atoms with Gasteiger partial charge in [0, 0.05) is 0 Å². The number of hydrogen-bond donors (Lipinski definition) is 0. The predicted octanol–water partition coefficient (Wildman–Crippen LogP) is 2.96. The lowest BCUT2D eigenvalue weighted by Crippen LogP contribution is -2.17. The summed E-state index contributed by atoms with van der Waals surface area (Å²) in [5.41, 5.74) is 1.18. The first-order chi connectivity index (χ1) is 6.24. The largest absolute Gasteiger partial charge is 0.297 e. The van der Waals surface area contributed by atoms with Gasteiger partial charge in [0.15, 0.2) is 5.78 Å². The maximum Gasteiger partial charge on any atom is 0.157 e. The molecule has 0 radical (unpaired) electrons. The molecule has 0 N–H and O–H groups in total. The van der Waals surface area contributed by atoms with Crippen LogP contribution in [0.3, 0.4) is 0 Å². The first kappa shape index (κ1) is 10.9. The Hall–Kier alpha value is -0.150. The standard InChI is InChI=1S/C10H10Br2O/c11-7-10(13)9(12)6-8-4-2-1-3-5-8/h1-5,9H,6-7H2. The zero-order valence-corrected chi connectivity index (χ0v) is 10.2. The smallest absolute Gasteiger partial charge is 0.157 e. The van der Waals surface area contributed by atoms with Crippen molar-refractivity contribution in [2.75, 3.05) is 5.33 Å². The summed E-state index contributed by atoms with van der Waals surface area (Å²) in [5, 5.41) is 0.412. The van der Waals surface area contributed by atoms with Crippen molar-refractivity contribution in [2.45, 2.75) is 11.2 Å². The van der Waals surface area contributed by atoms with Crippen LogP contribution < -0.4 is 0 Å². The van der Waals surface area contributed by atoms with Crippen LogP contribution in [-0.2, 0) is 11.2 Å². The fourth-order valence-electron chi connectivity index (χ4n) is 1.02. The molecule has 1 aromatic rings. The molecular weight excluding hydrogens is 296 g/mol. The van der Waals surface area contributed by atoms with Crippen LogP contribution in [0, 0.1) is 0 Å². The zero-order valence-electron chi connectivity index (χ0n) is 7.04. The van der Waals surface area contributed by atoms with Crippen LogP contribution in [0.15, 0.2) is 30.3 Å². The summed E-state index contributed by atoms with van der Waals surface area (Å²) < 4.78 is 0. The first-order valence-corrected chi connectivity index (χ1v) is 6.04. The van der Waals surface area contributed by atoms with Gasteiger partial charge in [-0.15, -0.1) is 0 Å². The molecule has 3 heteroatoms. The van der Waals surface area contributed by atoms with Gasteiger partial charge in [0.1, 0.15) is 0 Å². The van der Waals surface area contributed by atoms with E-state index in [1.165, 1.54) is 5.56 Å². The lowest BCUT2D eigenvalue weighted by Gasteiger charge is -2.06. The molecule has 0 amide bonds. The maximum atomic E-state index is 11.2. The molecule has 0 aromatic heterocycles. The molecule has 0 aliphatic heterocycles. The summed E-state index contributed by atoms with van der Waals surface area (Å²) in [4.78, 5) is 11.1. The van der Waals surface area contributed by atoms with Gasteiger partial charge in [-0.25, -0.2) is 0 Å². The minimum absolute atomic E-state index is 0.0747. The molecule has 0 aliphatic carbocycles. The number of ketones is 1. The number of alkyl halides is 2. The molecule has 0 heterocycles. The van der Waals surface area contributed by atoms with Crippen molar-refractivity contribution in [3.63, 3.8) is 0 Å². The van der Waals surface area contributed by atoms with Gasteiger partial charge in [0.2, 0.25) is 0 Å². The van der Waals surface area contributed by atoms with Crippen LogP contribution in [0.4, 0.5) is 0 Å². The van der Waals surface area contributed by atoms with Crippen molar-refractivity contribution in [1.29, 1.82) is 0 Å². The molecule has 0 saturated heterocycles. The average Bonchev–Trinajstić information content (AvgIpc) is 2.18. The summed E-state index contributed by atoms with van der Waals surface area (Å²) in [6, 6.07) is 9.98. The molecule has 1 atom stereocenters. The van der Waals surface area contributed by atoms with Gasteiger partial charge < -0.3 is 0 Å². The molecule has 1 aromatic carbocycles. The highest BCUT2D eigenvalue weighted by atomic mass is 79.9. The summed E-state index contributed by atoms with van der Waals surface area (Å²) >= 11 is 6.51. The Balaban J connectivity index is 2.55. The highest BCUT2D eigenvalue weighted by Gasteiger charge is 2.13. The highest BCUT2D eigenvalue weighted by Crippen LogP contribution is 2.11. The van der Waals surface area contributed by atoms with E-state index in [4.69, 9.17) is 0 Å². The van der Waals surface area contributed by atoms with E-state index in [9.17, 15) is 4.79 Å². The van der Waals surface area contributed by atoms with Gasteiger partial charge in [-0.3, -0.25) is 4.79 Å². The van der Waals surface area contributed by atoms with Crippen LogP contribution in [-0.4, -0.2) is 15.9 Å². The van der Waals surface area contributed by atoms with E-state index in [1.54, 1.807) is 0 Å². The SMILES string of the molecule is O=C(CBr)C(Br)Cc1ccccc1. The van der Waals surface area contributed by atoms with Gasteiger partial charge in [-0.05, 0) is 12.0 Å². The molecule has 0 fully saturated rings. The lowest BCUT2D eigenvalue weighted by atomic mass is 10.1.